The standard InChI is InChI=1S/C15H19N3O2S2/c1-15(2,3)13-17-10-5-4-9(8-11(10)18-13)16-14(21)22-7-6-12(19)20/h4-5,8H,6-7H2,1-3H3,(H,16,21)(H,17,18)(H,19,20). The minimum atomic E-state index is -0.816. The van der Waals surface area contributed by atoms with Crippen molar-refractivity contribution in [2.45, 2.75) is 32.6 Å². The van der Waals surface area contributed by atoms with Gasteiger partial charge in [0.1, 0.15) is 10.1 Å². The average Bonchev–Trinajstić information content (AvgIpc) is 2.81. The molecule has 0 aliphatic heterocycles. The van der Waals surface area contributed by atoms with E-state index in [-0.39, 0.29) is 11.8 Å². The molecule has 0 atom stereocenters. The van der Waals surface area contributed by atoms with Crippen LogP contribution in [0, 0.1) is 0 Å². The Morgan fingerprint density at radius 1 is 1.45 bits per heavy atom. The van der Waals surface area contributed by atoms with Gasteiger partial charge in [-0.05, 0) is 18.2 Å². The molecule has 0 spiro atoms. The van der Waals surface area contributed by atoms with Gasteiger partial charge < -0.3 is 15.4 Å². The third-order valence-corrected chi connectivity index (χ3v) is 4.22. The summed E-state index contributed by atoms with van der Waals surface area (Å²) >= 11 is 6.54. The molecule has 5 nitrogen and oxygen atoms in total. The number of nitrogens with zero attached hydrogens (tertiary/aromatic N) is 1. The quantitative estimate of drug-likeness (QED) is 0.737. The van der Waals surface area contributed by atoms with Crippen LogP contribution in [0.25, 0.3) is 11.0 Å². The van der Waals surface area contributed by atoms with Gasteiger partial charge in [0.25, 0.3) is 0 Å². The van der Waals surface area contributed by atoms with Gasteiger partial charge in [0, 0.05) is 16.9 Å². The first kappa shape index (κ1) is 16.8. The molecule has 2 aromatic rings. The highest BCUT2D eigenvalue weighted by Gasteiger charge is 2.18. The summed E-state index contributed by atoms with van der Waals surface area (Å²) in [6.45, 7) is 6.33. The summed E-state index contributed by atoms with van der Waals surface area (Å²) in [6.07, 6.45) is 0.0982. The van der Waals surface area contributed by atoms with Gasteiger partial charge >= 0.3 is 5.97 Å². The van der Waals surface area contributed by atoms with Crippen LogP contribution < -0.4 is 5.32 Å². The molecule has 0 aliphatic rings. The van der Waals surface area contributed by atoms with E-state index in [0.29, 0.717) is 10.1 Å². The number of thioether (sulfide) groups is 1. The van der Waals surface area contributed by atoms with Crippen molar-refractivity contribution >= 4 is 51.0 Å². The molecule has 0 fully saturated rings. The molecule has 3 N–H and O–H groups in total. The number of thiocarbonyl (C=S) groups is 1. The lowest BCUT2D eigenvalue weighted by molar-refractivity contribution is -0.136. The summed E-state index contributed by atoms with van der Waals surface area (Å²) in [6, 6.07) is 5.81. The fourth-order valence-electron chi connectivity index (χ4n) is 1.83. The Labute approximate surface area is 138 Å². The number of carboxylic acids is 1. The Bertz CT molecular complexity index is 704. The lowest BCUT2D eigenvalue weighted by Crippen LogP contribution is -2.12. The molecule has 0 unspecified atom stereocenters. The molecule has 0 bridgehead atoms. The third kappa shape index (κ3) is 4.45. The van der Waals surface area contributed by atoms with Gasteiger partial charge in [0.05, 0.1) is 17.5 Å². The number of H-pyrrole nitrogens is 1. The number of anilines is 1. The number of benzene rings is 1. The highest BCUT2D eigenvalue weighted by molar-refractivity contribution is 8.23. The van der Waals surface area contributed by atoms with Crippen molar-refractivity contribution in [3.63, 3.8) is 0 Å². The van der Waals surface area contributed by atoms with Gasteiger partial charge in [0.15, 0.2) is 0 Å². The second-order valence-corrected chi connectivity index (χ2v) is 7.74. The van der Waals surface area contributed by atoms with Crippen molar-refractivity contribution in [1.82, 2.24) is 9.97 Å². The first-order valence-electron chi connectivity index (χ1n) is 6.91. The maximum atomic E-state index is 10.5. The fraction of sp³-hybridized carbons (Fsp3) is 0.400. The largest absolute Gasteiger partial charge is 0.481 e. The highest BCUT2D eigenvalue weighted by Crippen LogP contribution is 2.24. The number of aliphatic carboxylic acids is 1. The van der Waals surface area contributed by atoms with Crippen LogP contribution in [0.3, 0.4) is 0 Å². The smallest absolute Gasteiger partial charge is 0.304 e. The van der Waals surface area contributed by atoms with E-state index in [2.05, 4.69) is 36.1 Å². The predicted molar refractivity (Wildman–Crippen MR) is 95.7 cm³/mol. The zero-order valence-electron chi connectivity index (χ0n) is 12.8. The van der Waals surface area contributed by atoms with Crippen molar-refractivity contribution in [1.29, 1.82) is 0 Å². The van der Waals surface area contributed by atoms with Gasteiger partial charge in [-0.25, -0.2) is 4.98 Å². The number of fused-ring (bicyclic) bond motifs is 1. The molecule has 0 radical (unpaired) electrons. The van der Waals surface area contributed by atoms with Gasteiger partial charge in [-0.1, -0.05) is 44.8 Å². The SMILES string of the molecule is CC(C)(C)c1nc2ccc(NC(=S)SCCC(=O)O)cc2[nH]1. The monoisotopic (exact) mass is 337 g/mol. The van der Waals surface area contributed by atoms with Gasteiger partial charge in [-0.2, -0.15) is 0 Å². The van der Waals surface area contributed by atoms with Crippen LogP contribution in [0.1, 0.15) is 33.0 Å². The van der Waals surface area contributed by atoms with Crippen LogP contribution >= 0.6 is 24.0 Å². The Kier molecular flexibility index (Phi) is 5.08. The molecule has 0 saturated heterocycles. The summed E-state index contributed by atoms with van der Waals surface area (Å²) < 4.78 is 0.566. The van der Waals surface area contributed by atoms with E-state index in [4.69, 9.17) is 17.3 Å². The lowest BCUT2D eigenvalue weighted by atomic mass is 9.96. The van der Waals surface area contributed by atoms with Gasteiger partial charge in [-0.3, -0.25) is 4.79 Å². The molecule has 7 heteroatoms. The van der Waals surface area contributed by atoms with E-state index < -0.39 is 5.97 Å². The number of carboxylic acid groups (broad SMARTS) is 1. The predicted octanol–water partition coefficient (Wildman–Crippen LogP) is 3.77. The topological polar surface area (TPSA) is 78.0 Å². The van der Waals surface area contributed by atoms with Crippen molar-refractivity contribution in [3.8, 4) is 0 Å². The normalized spacial score (nSPS) is 11.6. The Morgan fingerprint density at radius 2 is 2.18 bits per heavy atom. The number of carbonyl (C=O) groups is 1. The molecule has 2 rings (SSSR count). The molecule has 1 heterocycles. The Hall–Kier alpha value is -1.60. The maximum Gasteiger partial charge on any atom is 0.304 e. The molecule has 1 aromatic carbocycles. The summed E-state index contributed by atoms with van der Waals surface area (Å²) in [5.41, 5.74) is 2.70. The number of hydrogen-bond donors (Lipinski definition) is 3. The fourth-order valence-corrected chi connectivity index (χ4v) is 2.85. The molecule has 22 heavy (non-hydrogen) atoms. The zero-order chi connectivity index (χ0) is 16.3. The minimum absolute atomic E-state index is 0.0331. The third-order valence-electron chi connectivity index (χ3n) is 2.99. The van der Waals surface area contributed by atoms with E-state index in [1.807, 2.05) is 18.2 Å². The molecule has 0 aliphatic carbocycles. The van der Waals surface area contributed by atoms with E-state index in [1.165, 1.54) is 11.8 Å². The van der Waals surface area contributed by atoms with Crippen LogP contribution in [-0.4, -0.2) is 31.1 Å². The number of aromatic nitrogens is 2. The summed E-state index contributed by atoms with van der Waals surface area (Å²) in [7, 11) is 0. The van der Waals surface area contributed by atoms with E-state index >= 15 is 0 Å². The van der Waals surface area contributed by atoms with Crippen LogP contribution in [0.5, 0.6) is 0 Å². The second kappa shape index (κ2) is 6.66. The molecule has 0 saturated carbocycles. The number of aromatic amines is 1. The molecular weight excluding hydrogens is 318 g/mol. The number of rotatable bonds is 4. The lowest BCUT2D eigenvalue weighted by Gasteiger charge is -2.13. The number of nitrogens with one attached hydrogen (secondary N) is 2. The molecule has 1 aromatic heterocycles. The summed E-state index contributed by atoms with van der Waals surface area (Å²) in [5, 5.41) is 11.7. The number of hydrogen-bond acceptors (Lipinski definition) is 4. The van der Waals surface area contributed by atoms with Crippen molar-refractivity contribution in [3.05, 3.63) is 24.0 Å². The molecule has 118 valence electrons. The average molecular weight is 337 g/mol. The first-order chi connectivity index (χ1) is 10.3. The zero-order valence-corrected chi connectivity index (χ0v) is 14.4. The van der Waals surface area contributed by atoms with E-state index in [9.17, 15) is 4.79 Å². The first-order valence-corrected chi connectivity index (χ1v) is 8.31. The van der Waals surface area contributed by atoms with Crippen molar-refractivity contribution in [2.24, 2.45) is 0 Å². The number of imidazole rings is 1. The minimum Gasteiger partial charge on any atom is -0.481 e. The molecule has 0 amide bonds. The second-order valence-electron chi connectivity index (χ2n) is 5.97. The highest BCUT2D eigenvalue weighted by atomic mass is 32.2. The molecular formula is C15H19N3O2S2. The maximum absolute atomic E-state index is 10.5. The van der Waals surface area contributed by atoms with E-state index in [0.717, 1.165) is 22.5 Å². The summed E-state index contributed by atoms with van der Waals surface area (Å²) in [4.78, 5) is 18.4. The summed E-state index contributed by atoms with van der Waals surface area (Å²) in [5.74, 6) is 0.587. The van der Waals surface area contributed by atoms with Crippen molar-refractivity contribution in [2.75, 3.05) is 11.1 Å². The van der Waals surface area contributed by atoms with Gasteiger partial charge in [0.2, 0.25) is 0 Å². The van der Waals surface area contributed by atoms with E-state index in [1.54, 1.807) is 0 Å². The van der Waals surface area contributed by atoms with Crippen molar-refractivity contribution < 1.29 is 9.90 Å². The van der Waals surface area contributed by atoms with Crippen LogP contribution in [-0.2, 0) is 10.2 Å². The Morgan fingerprint density at radius 3 is 2.82 bits per heavy atom. The van der Waals surface area contributed by atoms with Gasteiger partial charge in [-0.15, -0.1) is 0 Å². The Balaban J connectivity index is 2.06. The van der Waals surface area contributed by atoms with Crippen LogP contribution in [0.2, 0.25) is 0 Å². The van der Waals surface area contributed by atoms with Crippen LogP contribution in [0.4, 0.5) is 5.69 Å². The van der Waals surface area contributed by atoms with Crippen LogP contribution in [0.15, 0.2) is 18.2 Å².